The average molecular weight is 266 g/mol. The third-order valence-electron chi connectivity index (χ3n) is 2.75. The van der Waals surface area contributed by atoms with Crippen LogP contribution in [0.25, 0.3) is 11.4 Å². The van der Waals surface area contributed by atoms with Gasteiger partial charge in [0.25, 0.3) is 0 Å². The largest absolute Gasteiger partial charge is 0.481 e. The summed E-state index contributed by atoms with van der Waals surface area (Å²) in [4.78, 5) is 11.1. The molecule has 2 aromatic rings. The zero-order chi connectivity index (χ0) is 13.3. The van der Waals surface area contributed by atoms with E-state index in [4.69, 9.17) is 5.11 Å². The van der Waals surface area contributed by atoms with Crippen molar-refractivity contribution >= 4 is 17.3 Å². The molecule has 0 bridgehead atoms. The topological polar surface area (TPSA) is 80.9 Å². The number of aromatic nitrogens is 4. The van der Waals surface area contributed by atoms with Gasteiger partial charge in [-0.1, -0.05) is 0 Å². The first kappa shape index (κ1) is 12.7. The van der Waals surface area contributed by atoms with Crippen LogP contribution in [0.15, 0.2) is 10.8 Å². The van der Waals surface area contributed by atoms with E-state index >= 15 is 0 Å². The van der Waals surface area contributed by atoms with Crippen molar-refractivity contribution < 1.29 is 9.90 Å². The molecule has 0 fully saturated rings. The van der Waals surface area contributed by atoms with Gasteiger partial charge in [0.15, 0.2) is 5.82 Å². The first-order valence-electron chi connectivity index (χ1n) is 5.44. The van der Waals surface area contributed by atoms with Crippen LogP contribution in [0.5, 0.6) is 0 Å². The fourth-order valence-corrected chi connectivity index (χ4v) is 2.36. The molecule has 0 aliphatic carbocycles. The summed E-state index contributed by atoms with van der Waals surface area (Å²) in [6, 6.07) is 0. The van der Waals surface area contributed by atoms with Gasteiger partial charge in [-0.15, -0.1) is 5.10 Å². The minimum atomic E-state index is -0.909. The Morgan fingerprint density at radius 2 is 2.22 bits per heavy atom. The molecule has 6 nitrogen and oxygen atoms in total. The highest BCUT2D eigenvalue weighted by molar-refractivity contribution is 7.08. The van der Waals surface area contributed by atoms with Gasteiger partial charge in [-0.2, -0.15) is 11.3 Å². The standard InChI is InChI=1S/C11H14N4O2S/c1-7-4-18-5-8(7)9-12-13-14-15(9)6-11(2,3)10(16)17/h4-5H,6H2,1-3H3,(H,16,17). The molecule has 0 aromatic carbocycles. The van der Waals surface area contributed by atoms with E-state index in [0.29, 0.717) is 5.82 Å². The Bertz CT molecular complexity index is 573. The van der Waals surface area contributed by atoms with Gasteiger partial charge in [0.1, 0.15) is 0 Å². The SMILES string of the molecule is Cc1cscc1-c1nnnn1CC(C)(C)C(=O)O. The fraction of sp³-hybridized carbons (Fsp3) is 0.455. The van der Waals surface area contributed by atoms with Gasteiger partial charge in [0.05, 0.1) is 12.0 Å². The van der Waals surface area contributed by atoms with E-state index in [1.165, 1.54) is 0 Å². The van der Waals surface area contributed by atoms with Crippen LogP contribution >= 0.6 is 11.3 Å². The van der Waals surface area contributed by atoms with Gasteiger partial charge in [0, 0.05) is 10.9 Å². The smallest absolute Gasteiger partial charge is 0.310 e. The van der Waals surface area contributed by atoms with E-state index < -0.39 is 11.4 Å². The zero-order valence-corrected chi connectivity index (χ0v) is 11.2. The molecule has 0 aliphatic rings. The molecular weight excluding hydrogens is 252 g/mol. The van der Waals surface area contributed by atoms with Crippen molar-refractivity contribution in [3.8, 4) is 11.4 Å². The van der Waals surface area contributed by atoms with Gasteiger partial charge in [-0.05, 0) is 42.1 Å². The lowest BCUT2D eigenvalue weighted by Crippen LogP contribution is -2.30. The zero-order valence-electron chi connectivity index (χ0n) is 10.4. The molecule has 0 amide bonds. The summed E-state index contributed by atoms with van der Waals surface area (Å²) >= 11 is 1.57. The van der Waals surface area contributed by atoms with Gasteiger partial charge in [-0.25, -0.2) is 4.68 Å². The minimum absolute atomic E-state index is 0.236. The number of hydrogen-bond acceptors (Lipinski definition) is 5. The normalized spacial score (nSPS) is 11.7. The maximum Gasteiger partial charge on any atom is 0.310 e. The second-order valence-corrected chi connectivity index (χ2v) is 5.56. The minimum Gasteiger partial charge on any atom is -0.481 e. The lowest BCUT2D eigenvalue weighted by atomic mass is 9.94. The van der Waals surface area contributed by atoms with Gasteiger partial charge in [0.2, 0.25) is 0 Å². The van der Waals surface area contributed by atoms with Crippen molar-refractivity contribution in [3.63, 3.8) is 0 Å². The molecule has 0 aliphatic heterocycles. The van der Waals surface area contributed by atoms with Crippen LogP contribution in [0.1, 0.15) is 19.4 Å². The number of thiophene rings is 1. The fourth-order valence-electron chi connectivity index (χ4n) is 1.54. The second-order valence-electron chi connectivity index (χ2n) is 4.82. The van der Waals surface area contributed by atoms with Crippen molar-refractivity contribution in [3.05, 3.63) is 16.3 Å². The van der Waals surface area contributed by atoms with Crippen molar-refractivity contribution in [2.45, 2.75) is 27.3 Å². The first-order valence-corrected chi connectivity index (χ1v) is 6.39. The first-order chi connectivity index (χ1) is 8.42. The predicted molar refractivity (Wildman–Crippen MR) is 67.3 cm³/mol. The Labute approximate surface area is 108 Å². The molecule has 0 radical (unpaired) electrons. The molecule has 2 heterocycles. The number of aryl methyl sites for hydroxylation is 1. The molecule has 0 saturated heterocycles. The van der Waals surface area contributed by atoms with Crippen molar-refractivity contribution in [1.82, 2.24) is 20.2 Å². The monoisotopic (exact) mass is 266 g/mol. The van der Waals surface area contributed by atoms with E-state index in [0.717, 1.165) is 11.1 Å². The van der Waals surface area contributed by atoms with Crippen LogP contribution < -0.4 is 0 Å². The van der Waals surface area contributed by atoms with Gasteiger partial charge >= 0.3 is 5.97 Å². The summed E-state index contributed by atoms with van der Waals surface area (Å²) in [5, 5.41) is 24.6. The summed E-state index contributed by atoms with van der Waals surface area (Å²) in [7, 11) is 0. The highest BCUT2D eigenvalue weighted by atomic mass is 32.1. The van der Waals surface area contributed by atoms with E-state index in [-0.39, 0.29) is 6.54 Å². The Kier molecular flexibility index (Phi) is 3.16. The number of aliphatic carboxylic acids is 1. The van der Waals surface area contributed by atoms with Crippen LogP contribution in [0.4, 0.5) is 0 Å². The number of tetrazole rings is 1. The van der Waals surface area contributed by atoms with Crippen LogP contribution in [0.2, 0.25) is 0 Å². The summed E-state index contributed by atoms with van der Waals surface area (Å²) in [5.74, 6) is -0.255. The maximum atomic E-state index is 11.1. The number of rotatable bonds is 4. The van der Waals surface area contributed by atoms with E-state index in [1.54, 1.807) is 29.9 Å². The lowest BCUT2D eigenvalue weighted by Gasteiger charge is -2.18. The number of nitrogens with zero attached hydrogens (tertiary/aromatic N) is 4. The molecule has 0 atom stereocenters. The van der Waals surface area contributed by atoms with Gasteiger partial charge < -0.3 is 5.11 Å². The Morgan fingerprint density at radius 1 is 1.50 bits per heavy atom. The van der Waals surface area contributed by atoms with Crippen LogP contribution in [-0.2, 0) is 11.3 Å². The highest BCUT2D eigenvalue weighted by Crippen LogP contribution is 2.26. The Hall–Kier alpha value is -1.76. The van der Waals surface area contributed by atoms with Gasteiger partial charge in [-0.3, -0.25) is 4.79 Å². The molecule has 0 saturated carbocycles. The summed E-state index contributed by atoms with van der Waals surface area (Å²) in [6.45, 7) is 5.52. The molecule has 18 heavy (non-hydrogen) atoms. The van der Waals surface area contributed by atoms with Crippen molar-refractivity contribution in [1.29, 1.82) is 0 Å². The summed E-state index contributed by atoms with van der Waals surface area (Å²) in [6.07, 6.45) is 0. The molecule has 2 rings (SSSR count). The molecular formula is C11H14N4O2S. The second kappa shape index (κ2) is 4.49. The highest BCUT2D eigenvalue weighted by Gasteiger charge is 2.29. The quantitative estimate of drug-likeness (QED) is 0.913. The number of carbonyl (C=O) groups is 1. The summed E-state index contributed by atoms with van der Waals surface area (Å²) < 4.78 is 1.54. The molecule has 0 spiro atoms. The molecule has 7 heteroatoms. The third kappa shape index (κ3) is 2.26. The van der Waals surface area contributed by atoms with Crippen LogP contribution in [-0.4, -0.2) is 31.3 Å². The molecule has 0 unspecified atom stereocenters. The molecule has 2 aromatic heterocycles. The van der Waals surface area contributed by atoms with E-state index in [9.17, 15) is 4.79 Å². The van der Waals surface area contributed by atoms with Crippen molar-refractivity contribution in [2.75, 3.05) is 0 Å². The van der Waals surface area contributed by atoms with Crippen LogP contribution in [0.3, 0.4) is 0 Å². The number of carboxylic acids is 1. The number of hydrogen-bond donors (Lipinski definition) is 1. The van der Waals surface area contributed by atoms with Crippen molar-refractivity contribution in [2.24, 2.45) is 5.41 Å². The van der Waals surface area contributed by atoms with E-state index in [1.807, 2.05) is 17.7 Å². The maximum absolute atomic E-state index is 11.1. The Balaban J connectivity index is 2.35. The van der Waals surface area contributed by atoms with Crippen LogP contribution in [0, 0.1) is 12.3 Å². The van der Waals surface area contributed by atoms with E-state index in [2.05, 4.69) is 15.5 Å². The average Bonchev–Trinajstić information content (AvgIpc) is 2.86. The molecule has 96 valence electrons. The summed E-state index contributed by atoms with van der Waals surface area (Å²) in [5.41, 5.74) is 1.13. The Morgan fingerprint density at radius 3 is 2.78 bits per heavy atom. The lowest BCUT2D eigenvalue weighted by molar-refractivity contribution is -0.147. The molecule has 1 N–H and O–H groups in total. The predicted octanol–water partition coefficient (Wildman–Crippen LogP) is 1.82. The number of carboxylic acid groups (broad SMARTS) is 1. The third-order valence-corrected chi connectivity index (χ3v) is 3.61.